The molecule has 1 aromatic carbocycles. The second-order valence-electron chi connectivity index (χ2n) is 6.58. The van der Waals surface area contributed by atoms with Gasteiger partial charge in [-0.3, -0.25) is 9.69 Å². The number of hydrogen-bond acceptors (Lipinski definition) is 4. The number of carbonyl (C=O) groups excluding carboxylic acids is 1. The summed E-state index contributed by atoms with van der Waals surface area (Å²) in [6.45, 7) is 6.75. The smallest absolute Gasteiger partial charge is 0.224 e. The third-order valence-corrected chi connectivity index (χ3v) is 4.72. The van der Waals surface area contributed by atoms with Gasteiger partial charge in [0.15, 0.2) is 0 Å². The Kier molecular flexibility index (Phi) is 5.30. The van der Waals surface area contributed by atoms with Gasteiger partial charge in [0, 0.05) is 31.2 Å². The molecule has 0 radical (unpaired) electrons. The first-order chi connectivity index (χ1) is 11.6. The highest BCUT2D eigenvalue weighted by Gasteiger charge is 2.22. The lowest BCUT2D eigenvalue weighted by molar-refractivity contribution is -0.121. The molecule has 2 heterocycles. The van der Waals surface area contributed by atoms with Crippen LogP contribution in [0.5, 0.6) is 0 Å². The number of rotatable bonds is 5. The van der Waals surface area contributed by atoms with E-state index in [1.54, 1.807) is 0 Å². The van der Waals surface area contributed by atoms with Crippen LogP contribution in [0.1, 0.15) is 35.4 Å². The van der Waals surface area contributed by atoms with Crippen LogP contribution in [0.25, 0.3) is 0 Å². The van der Waals surface area contributed by atoms with E-state index in [1.807, 2.05) is 19.9 Å². The van der Waals surface area contributed by atoms with Crippen molar-refractivity contribution in [2.24, 2.45) is 0 Å². The monoisotopic (exact) mass is 327 g/mol. The number of benzene rings is 1. The molecular formula is C19H25N3O2. The molecule has 1 aromatic heterocycles. The lowest BCUT2D eigenvalue weighted by atomic mass is 10.0. The van der Waals surface area contributed by atoms with Crippen LogP contribution in [0.2, 0.25) is 0 Å². The van der Waals surface area contributed by atoms with Crippen LogP contribution in [0.15, 0.2) is 34.9 Å². The van der Waals surface area contributed by atoms with Crippen molar-refractivity contribution in [2.75, 3.05) is 13.1 Å². The fraction of sp³-hybridized carbons (Fsp3) is 0.474. The Hall–Kier alpha value is -2.14. The molecule has 1 amide bonds. The zero-order chi connectivity index (χ0) is 16.9. The standard InChI is InChI=1S/C19H25N3O2/c1-14-18(15(2)24-21-14)12-19(23)20-17-8-10-22(11-9-17)13-16-6-4-3-5-7-16/h3-7,17H,8-13H2,1-2H3,(H,20,23). The first kappa shape index (κ1) is 16.7. The minimum absolute atomic E-state index is 0.0610. The van der Waals surface area contributed by atoms with Gasteiger partial charge in [0.2, 0.25) is 5.91 Å². The highest BCUT2D eigenvalue weighted by molar-refractivity contribution is 5.79. The van der Waals surface area contributed by atoms with Crippen LogP contribution >= 0.6 is 0 Å². The Morgan fingerprint density at radius 2 is 1.96 bits per heavy atom. The predicted octanol–water partition coefficient (Wildman–Crippen LogP) is 2.61. The normalized spacial score (nSPS) is 16.2. The first-order valence-corrected chi connectivity index (χ1v) is 8.59. The fourth-order valence-corrected chi connectivity index (χ4v) is 3.27. The summed E-state index contributed by atoms with van der Waals surface area (Å²) in [5.41, 5.74) is 3.06. The molecule has 0 aliphatic carbocycles. The highest BCUT2D eigenvalue weighted by atomic mass is 16.5. The van der Waals surface area contributed by atoms with Gasteiger partial charge in [0.05, 0.1) is 12.1 Å². The largest absolute Gasteiger partial charge is 0.361 e. The van der Waals surface area contributed by atoms with Crippen molar-refractivity contribution in [1.82, 2.24) is 15.4 Å². The number of amides is 1. The van der Waals surface area contributed by atoms with Gasteiger partial charge in [-0.15, -0.1) is 0 Å². The van der Waals surface area contributed by atoms with Crippen LogP contribution < -0.4 is 5.32 Å². The Balaban J connectivity index is 1.44. The van der Waals surface area contributed by atoms with E-state index in [1.165, 1.54) is 5.56 Å². The second-order valence-corrected chi connectivity index (χ2v) is 6.58. The number of aryl methyl sites for hydroxylation is 2. The van der Waals surface area contributed by atoms with Gasteiger partial charge in [0.1, 0.15) is 5.76 Å². The molecule has 5 nitrogen and oxygen atoms in total. The van der Waals surface area contributed by atoms with Gasteiger partial charge < -0.3 is 9.84 Å². The van der Waals surface area contributed by atoms with Gasteiger partial charge in [-0.05, 0) is 32.3 Å². The lowest BCUT2D eigenvalue weighted by Crippen LogP contribution is -2.44. The van der Waals surface area contributed by atoms with E-state index in [4.69, 9.17) is 4.52 Å². The molecule has 0 bridgehead atoms. The van der Waals surface area contributed by atoms with E-state index < -0.39 is 0 Å². The van der Waals surface area contributed by atoms with E-state index >= 15 is 0 Å². The minimum Gasteiger partial charge on any atom is -0.361 e. The van der Waals surface area contributed by atoms with E-state index in [0.717, 1.165) is 49.5 Å². The zero-order valence-electron chi connectivity index (χ0n) is 14.4. The molecule has 24 heavy (non-hydrogen) atoms. The summed E-state index contributed by atoms with van der Waals surface area (Å²) < 4.78 is 5.12. The maximum absolute atomic E-state index is 12.3. The molecule has 1 N–H and O–H groups in total. The number of hydrogen-bond donors (Lipinski definition) is 1. The Bertz CT molecular complexity index is 654. The summed E-state index contributed by atoms with van der Waals surface area (Å²) in [4.78, 5) is 14.7. The third kappa shape index (κ3) is 4.23. The summed E-state index contributed by atoms with van der Waals surface area (Å²) in [5, 5.41) is 7.07. The van der Waals surface area contributed by atoms with Gasteiger partial charge in [-0.2, -0.15) is 0 Å². The van der Waals surface area contributed by atoms with Crippen molar-refractivity contribution in [1.29, 1.82) is 0 Å². The molecule has 0 saturated carbocycles. The van der Waals surface area contributed by atoms with Crippen LogP contribution in [0, 0.1) is 13.8 Å². The Morgan fingerprint density at radius 1 is 1.25 bits per heavy atom. The molecule has 1 fully saturated rings. The Labute approximate surface area is 143 Å². The van der Waals surface area contributed by atoms with E-state index in [0.29, 0.717) is 6.42 Å². The van der Waals surface area contributed by atoms with Gasteiger partial charge in [-0.25, -0.2) is 0 Å². The van der Waals surface area contributed by atoms with Crippen molar-refractivity contribution >= 4 is 5.91 Å². The van der Waals surface area contributed by atoms with E-state index in [-0.39, 0.29) is 11.9 Å². The third-order valence-electron chi connectivity index (χ3n) is 4.72. The summed E-state index contributed by atoms with van der Waals surface area (Å²) in [5.74, 6) is 0.797. The second kappa shape index (κ2) is 7.62. The maximum atomic E-state index is 12.3. The van der Waals surface area contributed by atoms with Crippen molar-refractivity contribution in [3.63, 3.8) is 0 Å². The van der Waals surface area contributed by atoms with Gasteiger partial charge in [-0.1, -0.05) is 35.5 Å². The molecule has 1 aliphatic heterocycles. The molecule has 128 valence electrons. The van der Waals surface area contributed by atoms with Crippen LogP contribution in [-0.4, -0.2) is 35.1 Å². The van der Waals surface area contributed by atoms with Crippen molar-refractivity contribution < 1.29 is 9.32 Å². The van der Waals surface area contributed by atoms with Gasteiger partial charge >= 0.3 is 0 Å². The summed E-state index contributed by atoms with van der Waals surface area (Å²) in [6.07, 6.45) is 2.35. The average Bonchev–Trinajstić information content (AvgIpc) is 2.89. The van der Waals surface area contributed by atoms with Crippen molar-refractivity contribution in [3.8, 4) is 0 Å². The molecule has 2 aromatic rings. The van der Waals surface area contributed by atoms with E-state index in [9.17, 15) is 4.79 Å². The molecule has 0 spiro atoms. The van der Waals surface area contributed by atoms with E-state index in [2.05, 4.69) is 39.6 Å². The average molecular weight is 327 g/mol. The highest BCUT2D eigenvalue weighted by Crippen LogP contribution is 2.16. The number of likely N-dealkylation sites (tertiary alicyclic amines) is 1. The lowest BCUT2D eigenvalue weighted by Gasteiger charge is -2.32. The topological polar surface area (TPSA) is 58.4 Å². The number of piperidine rings is 1. The van der Waals surface area contributed by atoms with Crippen molar-refractivity contribution in [3.05, 3.63) is 52.9 Å². The molecule has 1 saturated heterocycles. The van der Waals surface area contributed by atoms with Crippen LogP contribution in [0.3, 0.4) is 0 Å². The first-order valence-electron chi connectivity index (χ1n) is 8.59. The Morgan fingerprint density at radius 3 is 2.58 bits per heavy atom. The molecule has 0 unspecified atom stereocenters. The molecule has 5 heteroatoms. The number of nitrogens with zero attached hydrogens (tertiary/aromatic N) is 2. The van der Waals surface area contributed by atoms with Gasteiger partial charge in [0.25, 0.3) is 0 Å². The fourth-order valence-electron chi connectivity index (χ4n) is 3.27. The number of nitrogens with one attached hydrogen (secondary N) is 1. The number of aromatic nitrogens is 1. The van der Waals surface area contributed by atoms with Crippen LogP contribution in [-0.2, 0) is 17.8 Å². The summed E-state index contributed by atoms with van der Waals surface area (Å²) >= 11 is 0. The summed E-state index contributed by atoms with van der Waals surface area (Å²) in [7, 11) is 0. The van der Waals surface area contributed by atoms with Crippen molar-refractivity contribution in [2.45, 2.75) is 45.7 Å². The predicted molar refractivity (Wildman–Crippen MR) is 92.6 cm³/mol. The molecule has 0 atom stereocenters. The molecule has 3 rings (SSSR count). The quantitative estimate of drug-likeness (QED) is 0.917. The SMILES string of the molecule is Cc1noc(C)c1CC(=O)NC1CCN(Cc2ccccc2)CC1. The minimum atomic E-state index is 0.0610. The number of carbonyl (C=O) groups is 1. The molecular weight excluding hydrogens is 302 g/mol. The van der Waals surface area contributed by atoms with Crippen LogP contribution in [0.4, 0.5) is 0 Å². The summed E-state index contributed by atoms with van der Waals surface area (Å²) in [6, 6.07) is 10.8. The maximum Gasteiger partial charge on any atom is 0.224 e. The molecule has 1 aliphatic rings. The zero-order valence-corrected chi connectivity index (χ0v) is 14.4.